The number of hydrogen-bond donors (Lipinski definition) is 1. The summed E-state index contributed by atoms with van der Waals surface area (Å²) in [4.78, 5) is 14.8. The third-order valence-electron chi connectivity index (χ3n) is 4.65. The number of sulfone groups is 1. The van der Waals surface area contributed by atoms with Crippen molar-refractivity contribution in [2.24, 2.45) is 11.8 Å². The van der Waals surface area contributed by atoms with Crippen molar-refractivity contribution in [3.05, 3.63) is 29.3 Å². The predicted molar refractivity (Wildman–Crippen MR) is 103 cm³/mol. The van der Waals surface area contributed by atoms with Gasteiger partial charge in [0.15, 0.2) is 0 Å². The zero-order valence-corrected chi connectivity index (χ0v) is 16.5. The molecule has 0 spiro atoms. The SMILES string of the molecule is Cc1ccc(C(=O)N2CC(C)CC(C)C2)cc1NCCCS(C)(=O)=O. The lowest BCUT2D eigenvalue weighted by Crippen LogP contribution is -2.42. The Labute approximate surface area is 151 Å². The van der Waals surface area contributed by atoms with Gasteiger partial charge in [-0.05, 0) is 49.3 Å². The second kappa shape index (κ2) is 8.21. The van der Waals surface area contributed by atoms with Crippen LogP contribution in [0.5, 0.6) is 0 Å². The van der Waals surface area contributed by atoms with Crippen molar-refractivity contribution in [2.45, 2.75) is 33.6 Å². The highest BCUT2D eigenvalue weighted by molar-refractivity contribution is 7.90. The Morgan fingerprint density at radius 1 is 1.24 bits per heavy atom. The molecule has 1 heterocycles. The van der Waals surface area contributed by atoms with Gasteiger partial charge in [0.05, 0.1) is 5.75 Å². The fourth-order valence-electron chi connectivity index (χ4n) is 3.51. The third kappa shape index (κ3) is 6.03. The first-order chi connectivity index (χ1) is 11.7. The number of hydrogen-bond acceptors (Lipinski definition) is 4. The summed E-state index contributed by atoms with van der Waals surface area (Å²) in [7, 11) is -2.94. The van der Waals surface area contributed by atoms with Crippen LogP contribution in [0.25, 0.3) is 0 Å². The number of nitrogens with one attached hydrogen (secondary N) is 1. The molecule has 1 aromatic carbocycles. The number of likely N-dealkylation sites (tertiary alicyclic amines) is 1. The summed E-state index contributed by atoms with van der Waals surface area (Å²) in [5, 5.41) is 3.27. The maximum Gasteiger partial charge on any atom is 0.253 e. The lowest BCUT2D eigenvalue weighted by Gasteiger charge is -2.35. The van der Waals surface area contributed by atoms with Crippen LogP contribution in [-0.2, 0) is 9.84 Å². The van der Waals surface area contributed by atoms with E-state index in [1.54, 1.807) is 0 Å². The first kappa shape index (κ1) is 19.8. The molecule has 1 aliphatic rings. The van der Waals surface area contributed by atoms with Crippen LogP contribution in [0.2, 0.25) is 0 Å². The molecule has 6 heteroatoms. The zero-order valence-electron chi connectivity index (χ0n) is 15.7. The van der Waals surface area contributed by atoms with E-state index in [-0.39, 0.29) is 11.7 Å². The van der Waals surface area contributed by atoms with Gasteiger partial charge < -0.3 is 10.2 Å². The van der Waals surface area contributed by atoms with E-state index in [0.29, 0.717) is 30.4 Å². The van der Waals surface area contributed by atoms with E-state index in [1.807, 2.05) is 30.0 Å². The molecular formula is C19H30N2O3S. The molecule has 0 aliphatic carbocycles. The molecule has 1 N–H and O–H groups in total. The second-order valence-electron chi connectivity index (χ2n) is 7.60. The number of carbonyl (C=O) groups is 1. The number of amides is 1. The number of anilines is 1. The molecule has 140 valence electrons. The number of piperidine rings is 1. The highest BCUT2D eigenvalue weighted by atomic mass is 32.2. The van der Waals surface area contributed by atoms with E-state index in [1.165, 1.54) is 12.7 Å². The minimum Gasteiger partial charge on any atom is -0.385 e. The molecular weight excluding hydrogens is 336 g/mol. The van der Waals surface area contributed by atoms with Gasteiger partial charge in [-0.2, -0.15) is 0 Å². The second-order valence-corrected chi connectivity index (χ2v) is 9.86. The van der Waals surface area contributed by atoms with Crippen LogP contribution in [0.15, 0.2) is 18.2 Å². The molecule has 1 fully saturated rings. The fraction of sp³-hybridized carbons (Fsp3) is 0.632. The molecule has 0 bridgehead atoms. The van der Waals surface area contributed by atoms with Crippen molar-refractivity contribution in [3.63, 3.8) is 0 Å². The van der Waals surface area contributed by atoms with E-state index < -0.39 is 9.84 Å². The van der Waals surface area contributed by atoms with Crippen LogP contribution in [0.1, 0.15) is 42.6 Å². The first-order valence-corrected chi connectivity index (χ1v) is 11.0. The van der Waals surface area contributed by atoms with Crippen LogP contribution in [0.4, 0.5) is 5.69 Å². The largest absolute Gasteiger partial charge is 0.385 e. The van der Waals surface area contributed by atoms with Crippen molar-refractivity contribution >= 4 is 21.4 Å². The minimum atomic E-state index is -2.94. The highest BCUT2D eigenvalue weighted by Crippen LogP contribution is 2.24. The summed E-state index contributed by atoms with van der Waals surface area (Å²) < 4.78 is 22.4. The Bertz CT molecular complexity index is 705. The molecule has 1 aromatic rings. The quantitative estimate of drug-likeness (QED) is 0.786. The van der Waals surface area contributed by atoms with Gasteiger partial charge >= 0.3 is 0 Å². The molecule has 0 radical (unpaired) electrons. The number of benzene rings is 1. The van der Waals surface area contributed by atoms with Crippen molar-refractivity contribution in [1.82, 2.24) is 4.90 Å². The molecule has 2 atom stereocenters. The number of aryl methyl sites for hydroxylation is 1. The van der Waals surface area contributed by atoms with E-state index >= 15 is 0 Å². The summed E-state index contributed by atoms with van der Waals surface area (Å²) in [6.45, 7) is 8.57. The Hall–Kier alpha value is -1.56. The average molecular weight is 367 g/mol. The predicted octanol–water partition coefficient (Wildman–Crippen LogP) is 2.96. The third-order valence-corrected chi connectivity index (χ3v) is 5.68. The van der Waals surface area contributed by atoms with Crippen LogP contribution >= 0.6 is 0 Å². The first-order valence-electron chi connectivity index (χ1n) is 8.97. The van der Waals surface area contributed by atoms with Gasteiger partial charge in [-0.15, -0.1) is 0 Å². The molecule has 1 amide bonds. The minimum absolute atomic E-state index is 0.0811. The van der Waals surface area contributed by atoms with Gasteiger partial charge in [0.2, 0.25) is 0 Å². The smallest absolute Gasteiger partial charge is 0.253 e. The molecule has 2 rings (SSSR count). The number of carbonyl (C=O) groups excluding carboxylic acids is 1. The van der Waals surface area contributed by atoms with Crippen molar-refractivity contribution < 1.29 is 13.2 Å². The van der Waals surface area contributed by atoms with Gasteiger partial charge in [0.25, 0.3) is 5.91 Å². The molecule has 25 heavy (non-hydrogen) atoms. The molecule has 1 aliphatic heterocycles. The normalized spacial score (nSPS) is 21.2. The average Bonchev–Trinajstić information content (AvgIpc) is 2.50. The summed E-state index contributed by atoms with van der Waals surface area (Å²) in [5.74, 6) is 1.32. The van der Waals surface area contributed by atoms with Crippen molar-refractivity contribution in [2.75, 3.05) is 37.0 Å². The van der Waals surface area contributed by atoms with Crippen LogP contribution in [0, 0.1) is 18.8 Å². The topological polar surface area (TPSA) is 66.5 Å². The fourth-order valence-corrected chi connectivity index (χ4v) is 4.18. The molecule has 0 saturated carbocycles. The highest BCUT2D eigenvalue weighted by Gasteiger charge is 2.26. The van der Waals surface area contributed by atoms with E-state index in [4.69, 9.17) is 0 Å². The van der Waals surface area contributed by atoms with Gasteiger partial charge in [-0.25, -0.2) is 8.42 Å². The summed E-state index contributed by atoms with van der Waals surface area (Å²) in [6.07, 6.45) is 2.97. The maximum absolute atomic E-state index is 12.8. The zero-order chi connectivity index (χ0) is 18.6. The van der Waals surface area contributed by atoms with Crippen molar-refractivity contribution in [1.29, 1.82) is 0 Å². The number of rotatable bonds is 6. The lowest BCUT2D eigenvalue weighted by atomic mass is 9.91. The van der Waals surface area contributed by atoms with Gasteiger partial charge in [0.1, 0.15) is 9.84 Å². The standard InChI is InChI=1S/C19H30N2O3S/c1-14-10-15(2)13-21(12-14)19(22)17-7-6-16(3)18(11-17)20-8-5-9-25(4,23)24/h6-7,11,14-15,20H,5,8-10,12-13H2,1-4H3. The molecule has 1 saturated heterocycles. The monoisotopic (exact) mass is 366 g/mol. The number of nitrogens with zero attached hydrogens (tertiary/aromatic N) is 1. The summed E-state index contributed by atoms with van der Waals surface area (Å²) >= 11 is 0. The summed E-state index contributed by atoms with van der Waals surface area (Å²) in [5.41, 5.74) is 2.64. The molecule has 2 unspecified atom stereocenters. The van der Waals surface area contributed by atoms with Crippen LogP contribution in [-0.4, -0.2) is 50.9 Å². The van der Waals surface area contributed by atoms with Gasteiger partial charge in [-0.3, -0.25) is 4.79 Å². The molecule has 0 aromatic heterocycles. The van der Waals surface area contributed by atoms with Crippen molar-refractivity contribution in [3.8, 4) is 0 Å². The summed E-state index contributed by atoms with van der Waals surface area (Å²) in [6, 6.07) is 5.72. The Morgan fingerprint density at radius 2 is 1.88 bits per heavy atom. The Morgan fingerprint density at radius 3 is 2.48 bits per heavy atom. The van der Waals surface area contributed by atoms with Gasteiger partial charge in [-0.1, -0.05) is 19.9 Å². The Balaban J connectivity index is 2.03. The maximum atomic E-state index is 12.8. The Kier molecular flexibility index (Phi) is 6.49. The van der Waals surface area contributed by atoms with E-state index in [2.05, 4.69) is 19.2 Å². The molecule has 5 nitrogen and oxygen atoms in total. The van der Waals surface area contributed by atoms with E-state index in [0.717, 1.165) is 24.3 Å². The lowest BCUT2D eigenvalue weighted by molar-refractivity contribution is 0.0623. The van der Waals surface area contributed by atoms with Gasteiger partial charge in [0, 0.05) is 37.1 Å². The van der Waals surface area contributed by atoms with E-state index in [9.17, 15) is 13.2 Å². The van der Waals surface area contributed by atoms with Crippen LogP contribution < -0.4 is 5.32 Å². The van der Waals surface area contributed by atoms with Crippen LogP contribution in [0.3, 0.4) is 0 Å².